The first-order valence-electron chi connectivity index (χ1n) is 12.1. The van der Waals surface area contributed by atoms with Gasteiger partial charge in [-0.25, -0.2) is 0 Å². The van der Waals surface area contributed by atoms with Gasteiger partial charge in [-0.05, 0) is 52.9 Å². The summed E-state index contributed by atoms with van der Waals surface area (Å²) in [6.45, 7) is 7.90. The molecule has 0 spiro atoms. The summed E-state index contributed by atoms with van der Waals surface area (Å²) in [6, 6.07) is 32.7. The molecule has 1 heteroatoms. The summed E-state index contributed by atoms with van der Waals surface area (Å²) in [6.07, 6.45) is 4.86. The number of aryl methyl sites for hydroxylation is 1. The molecule has 3 aromatic carbocycles. The van der Waals surface area contributed by atoms with Crippen LogP contribution >= 0.6 is 0 Å². The SMILES string of the molecule is CC(C)[C@H]1C(OCc2ccccc2)=C[C@@]2(c3ccccc3)[C@H](CCc3ccccc3)[C@@]12C. The summed E-state index contributed by atoms with van der Waals surface area (Å²) in [4.78, 5) is 0. The van der Waals surface area contributed by atoms with Crippen LogP contribution in [0.3, 0.4) is 0 Å². The van der Waals surface area contributed by atoms with Crippen molar-refractivity contribution in [2.75, 3.05) is 0 Å². The number of benzene rings is 3. The molecule has 0 heterocycles. The highest BCUT2D eigenvalue weighted by atomic mass is 16.5. The number of fused-ring (bicyclic) bond motifs is 1. The lowest BCUT2D eigenvalue weighted by Gasteiger charge is -2.29. The third-order valence-electron chi connectivity index (χ3n) is 8.14. The number of hydrogen-bond donors (Lipinski definition) is 0. The van der Waals surface area contributed by atoms with Crippen LogP contribution in [0.15, 0.2) is 103 Å². The van der Waals surface area contributed by atoms with Crippen LogP contribution in [0, 0.1) is 23.2 Å². The minimum atomic E-state index is 0.0734. The van der Waals surface area contributed by atoms with Crippen LogP contribution in [0.1, 0.15) is 43.9 Å². The molecule has 1 fully saturated rings. The lowest BCUT2D eigenvalue weighted by molar-refractivity contribution is 0.118. The Morgan fingerprint density at radius 3 is 1.94 bits per heavy atom. The minimum absolute atomic E-state index is 0.0734. The fraction of sp³-hybridized carbons (Fsp3) is 0.355. The molecular formula is C31H34O. The standard InChI is InChI=1S/C31H34O/c1-23(2)29-27(32-22-25-15-9-5-10-16-25)21-31(26-17-11-6-12-18-26)28(30(29,31)3)20-19-24-13-7-4-8-14-24/h4-18,21,23,28-29H,19-20,22H2,1-3H3/t28-,29+,30+,31-/m1/s1. The highest BCUT2D eigenvalue weighted by Crippen LogP contribution is 2.80. The van der Waals surface area contributed by atoms with Gasteiger partial charge in [-0.3, -0.25) is 0 Å². The van der Waals surface area contributed by atoms with Gasteiger partial charge in [-0.2, -0.15) is 0 Å². The maximum Gasteiger partial charge on any atom is 0.113 e. The van der Waals surface area contributed by atoms with Crippen LogP contribution in [0.25, 0.3) is 0 Å². The Morgan fingerprint density at radius 1 is 0.781 bits per heavy atom. The third kappa shape index (κ3) is 3.30. The molecule has 2 aliphatic carbocycles. The molecule has 0 amide bonds. The Labute approximate surface area is 193 Å². The summed E-state index contributed by atoms with van der Waals surface area (Å²) in [5, 5.41) is 0. The predicted octanol–water partition coefficient (Wildman–Crippen LogP) is 7.58. The molecule has 32 heavy (non-hydrogen) atoms. The van der Waals surface area contributed by atoms with Crippen LogP contribution in [-0.2, 0) is 23.2 Å². The minimum Gasteiger partial charge on any atom is -0.493 e. The Kier molecular flexibility index (Phi) is 5.45. The van der Waals surface area contributed by atoms with Crippen molar-refractivity contribution in [3.05, 3.63) is 120 Å². The highest BCUT2D eigenvalue weighted by molar-refractivity contribution is 5.53. The van der Waals surface area contributed by atoms with Crippen LogP contribution in [-0.4, -0.2) is 0 Å². The Hall–Kier alpha value is -2.80. The summed E-state index contributed by atoms with van der Waals surface area (Å²) in [5.74, 6) is 2.81. The van der Waals surface area contributed by atoms with Crippen molar-refractivity contribution in [2.45, 2.75) is 45.6 Å². The second-order valence-electron chi connectivity index (χ2n) is 10.1. The van der Waals surface area contributed by atoms with Gasteiger partial charge in [0, 0.05) is 11.3 Å². The van der Waals surface area contributed by atoms with E-state index in [4.69, 9.17) is 4.74 Å². The molecule has 0 saturated heterocycles. The predicted molar refractivity (Wildman–Crippen MR) is 132 cm³/mol. The number of allylic oxidation sites excluding steroid dienone is 2. The van der Waals surface area contributed by atoms with E-state index in [0.29, 0.717) is 24.4 Å². The molecule has 0 bridgehead atoms. The maximum atomic E-state index is 6.55. The average Bonchev–Trinajstić information content (AvgIpc) is 3.21. The summed E-state index contributed by atoms with van der Waals surface area (Å²) in [7, 11) is 0. The van der Waals surface area contributed by atoms with Gasteiger partial charge in [-0.15, -0.1) is 0 Å². The lowest BCUT2D eigenvalue weighted by Crippen LogP contribution is -2.24. The lowest BCUT2D eigenvalue weighted by atomic mass is 9.78. The zero-order valence-electron chi connectivity index (χ0n) is 19.5. The van der Waals surface area contributed by atoms with Gasteiger partial charge in [0.1, 0.15) is 6.61 Å². The van der Waals surface area contributed by atoms with Gasteiger partial charge >= 0.3 is 0 Å². The quantitative estimate of drug-likeness (QED) is 0.363. The van der Waals surface area contributed by atoms with Gasteiger partial charge in [0.2, 0.25) is 0 Å². The zero-order valence-corrected chi connectivity index (χ0v) is 19.5. The highest BCUT2D eigenvalue weighted by Gasteiger charge is 2.79. The van der Waals surface area contributed by atoms with E-state index in [0.717, 1.165) is 6.42 Å². The number of ether oxygens (including phenoxy) is 1. The van der Waals surface area contributed by atoms with E-state index < -0.39 is 0 Å². The first-order valence-corrected chi connectivity index (χ1v) is 12.1. The van der Waals surface area contributed by atoms with Crippen molar-refractivity contribution in [2.24, 2.45) is 23.2 Å². The van der Waals surface area contributed by atoms with Crippen LogP contribution in [0.5, 0.6) is 0 Å². The molecule has 0 N–H and O–H groups in total. The molecule has 0 unspecified atom stereocenters. The van der Waals surface area contributed by atoms with E-state index in [1.807, 2.05) is 0 Å². The van der Waals surface area contributed by atoms with Crippen LogP contribution in [0.4, 0.5) is 0 Å². The van der Waals surface area contributed by atoms with Crippen molar-refractivity contribution in [1.82, 2.24) is 0 Å². The molecule has 0 radical (unpaired) electrons. The smallest absolute Gasteiger partial charge is 0.113 e. The van der Waals surface area contributed by atoms with Gasteiger partial charge in [-0.1, -0.05) is 112 Å². The van der Waals surface area contributed by atoms with Gasteiger partial charge in [0.25, 0.3) is 0 Å². The Bertz CT molecular complexity index is 1070. The first-order chi connectivity index (χ1) is 15.6. The largest absolute Gasteiger partial charge is 0.493 e. The maximum absolute atomic E-state index is 6.55. The normalized spacial score (nSPS) is 28.3. The fourth-order valence-corrected chi connectivity index (χ4v) is 6.79. The molecule has 4 atom stereocenters. The second-order valence-corrected chi connectivity index (χ2v) is 10.1. The van der Waals surface area contributed by atoms with Crippen molar-refractivity contribution < 1.29 is 4.74 Å². The van der Waals surface area contributed by atoms with Crippen molar-refractivity contribution in [1.29, 1.82) is 0 Å². The Morgan fingerprint density at radius 2 is 1.34 bits per heavy atom. The third-order valence-corrected chi connectivity index (χ3v) is 8.14. The molecule has 1 nitrogen and oxygen atoms in total. The van der Waals surface area contributed by atoms with E-state index in [9.17, 15) is 0 Å². The number of rotatable bonds is 8. The number of hydrogen-bond acceptors (Lipinski definition) is 1. The molecular weight excluding hydrogens is 388 g/mol. The van der Waals surface area contributed by atoms with Gasteiger partial charge in [0.05, 0.1) is 5.76 Å². The second kappa shape index (κ2) is 8.28. The summed E-state index contributed by atoms with van der Waals surface area (Å²) in [5.41, 5.74) is 4.39. The van der Waals surface area contributed by atoms with Crippen molar-refractivity contribution >= 4 is 0 Å². The Balaban J connectivity index is 1.48. The van der Waals surface area contributed by atoms with E-state index in [1.54, 1.807) is 0 Å². The molecule has 0 aromatic heterocycles. The summed E-state index contributed by atoms with van der Waals surface area (Å²) >= 11 is 0. The summed E-state index contributed by atoms with van der Waals surface area (Å²) < 4.78 is 6.55. The molecule has 0 aliphatic heterocycles. The van der Waals surface area contributed by atoms with E-state index in [-0.39, 0.29) is 10.8 Å². The monoisotopic (exact) mass is 422 g/mol. The fourth-order valence-electron chi connectivity index (χ4n) is 6.79. The molecule has 2 aliphatic rings. The molecule has 3 aromatic rings. The zero-order chi connectivity index (χ0) is 22.2. The molecule has 164 valence electrons. The average molecular weight is 423 g/mol. The van der Waals surface area contributed by atoms with Crippen molar-refractivity contribution in [3.8, 4) is 0 Å². The van der Waals surface area contributed by atoms with E-state index in [1.165, 1.54) is 28.9 Å². The topological polar surface area (TPSA) is 9.23 Å². The van der Waals surface area contributed by atoms with Crippen LogP contribution < -0.4 is 0 Å². The van der Waals surface area contributed by atoms with Crippen LogP contribution in [0.2, 0.25) is 0 Å². The van der Waals surface area contributed by atoms with Crippen molar-refractivity contribution in [3.63, 3.8) is 0 Å². The van der Waals surface area contributed by atoms with E-state index in [2.05, 4.69) is 118 Å². The van der Waals surface area contributed by atoms with E-state index >= 15 is 0 Å². The van der Waals surface area contributed by atoms with Gasteiger partial charge < -0.3 is 4.74 Å². The van der Waals surface area contributed by atoms with Gasteiger partial charge in [0.15, 0.2) is 0 Å². The molecule has 5 rings (SSSR count). The molecule has 1 saturated carbocycles. The first kappa shape index (κ1) is 21.1.